The van der Waals surface area contributed by atoms with Crippen molar-refractivity contribution in [2.24, 2.45) is 0 Å². The maximum Gasteiger partial charge on any atom is 0.257 e. The van der Waals surface area contributed by atoms with Crippen LogP contribution in [0.1, 0.15) is 40.7 Å². The summed E-state index contributed by atoms with van der Waals surface area (Å²) in [5.41, 5.74) is 1.07. The van der Waals surface area contributed by atoms with E-state index in [1.807, 2.05) is 0 Å². The molecule has 11 heteroatoms. The summed E-state index contributed by atoms with van der Waals surface area (Å²) in [7, 11) is 1.47. The van der Waals surface area contributed by atoms with Crippen molar-refractivity contribution in [3.63, 3.8) is 0 Å². The highest BCUT2D eigenvalue weighted by atomic mass is 127. The lowest BCUT2D eigenvalue weighted by Crippen LogP contribution is -3.00. The summed E-state index contributed by atoms with van der Waals surface area (Å²) in [5.74, 6) is -4.90. The molecule has 1 aromatic carbocycles. The maximum atomic E-state index is 14.7. The molecular formula is C26H26F3IN4O3. The van der Waals surface area contributed by atoms with Gasteiger partial charge in [0, 0.05) is 53.7 Å². The van der Waals surface area contributed by atoms with E-state index in [0.717, 1.165) is 0 Å². The summed E-state index contributed by atoms with van der Waals surface area (Å²) >= 11 is 0. The van der Waals surface area contributed by atoms with E-state index in [-0.39, 0.29) is 60.7 Å². The summed E-state index contributed by atoms with van der Waals surface area (Å²) in [4.78, 5) is 36.3. The molecular weight excluding hydrogens is 600 g/mol. The smallest absolute Gasteiger partial charge is 0.257 e. The van der Waals surface area contributed by atoms with E-state index in [1.54, 1.807) is 36.4 Å². The Balaban J connectivity index is 0.00000380. The van der Waals surface area contributed by atoms with Gasteiger partial charge in [0.05, 0.1) is 12.0 Å². The molecule has 196 valence electrons. The van der Waals surface area contributed by atoms with Crippen LogP contribution < -0.4 is 38.9 Å². The van der Waals surface area contributed by atoms with Crippen molar-refractivity contribution >= 4 is 17.5 Å². The normalized spacial score (nSPS) is 17.8. The number of pyridine rings is 2. The van der Waals surface area contributed by atoms with Gasteiger partial charge in [-0.05, 0) is 48.9 Å². The highest BCUT2D eigenvalue weighted by molar-refractivity contribution is 6.09. The summed E-state index contributed by atoms with van der Waals surface area (Å²) in [6, 6.07) is 10.7. The number of benzene rings is 1. The third kappa shape index (κ3) is 6.63. The first-order valence-corrected chi connectivity index (χ1v) is 11.4. The van der Waals surface area contributed by atoms with Gasteiger partial charge < -0.3 is 29.3 Å². The van der Waals surface area contributed by atoms with E-state index in [1.165, 1.54) is 54.4 Å². The first-order valence-electron chi connectivity index (χ1n) is 11.4. The van der Waals surface area contributed by atoms with Crippen LogP contribution in [0.2, 0.25) is 0 Å². The first kappa shape index (κ1) is 28.5. The number of piperidine rings is 1. The lowest BCUT2D eigenvalue weighted by Gasteiger charge is -2.40. The van der Waals surface area contributed by atoms with Crippen LogP contribution in [0.3, 0.4) is 0 Å². The van der Waals surface area contributed by atoms with Gasteiger partial charge in [0.15, 0.2) is 5.78 Å². The number of rotatable bonds is 7. The van der Waals surface area contributed by atoms with Gasteiger partial charge in [0.1, 0.15) is 18.7 Å². The predicted octanol–water partition coefficient (Wildman–Crippen LogP) is 0.253. The predicted molar refractivity (Wildman–Crippen MR) is 125 cm³/mol. The number of amides is 1. The van der Waals surface area contributed by atoms with Crippen LogP contribution in [-0.4, -0.2) is 53.7 Å². The molecule has 1 aliphatic rings. The lowest BCUT2D eigenvalue weighted by atomic mass is 9.87. The van der Waals surface area contributed by atoms with Gasteiger partial charge in [-0.25, -0.2) is 18.2 Å². The van der Waals surface area contributed by atoms with Gasteiger partial charge in [-0.3, -0.25) is 19.3 Å². The molecule has 1 fully saturated rings. The minimum atomic E-state index is -2.90. The topological polar surface area (TPSA) is 75.4 Å². The molecule has 0 spiro atoms. The summed E-state index contributed by atoms with van der Waals surface area (Å²) in [6.45, 7) is 1.74. The number of halogens is 4. The summed E-state index contributed by atoms with van der Waals surface area (Å²) in [6.07, 6.45) is 4.09. The number of ketones is 1. The number of carbonyl (C=O) groups is 2. The van der Waals surface area contributed by atoms with Crippen molar-refractivity contribution < 1.29 is 56.3 Å². The molecule has 4 rings (SSSR count). The zero-order valence-corrected chi connectivity index (χ0v) is 22.4. The Morgan fingerprint density at radius 3 is 2.35 bits per heavy atom. The number of carbonyl (C=O) groups excluding carboxylic acids is 2. The van der Waals surface area contributed by atoms with E-state index < -0.39 is 29.6 Å². The number of nitrogens with one attached hydrogen (secondary N) is 1. The molecule has 0 bridgehead atoms. The van der Waals surface area contributed by atoms with Crippen LogP contribution in [0.5, 0.6) is 0 Å². The molecule has 2 aromatic heterocycles. The van der Waals surface area contributed by atoms with Gasteiger partial charge in [-0.2, -0.15) is 0 Å². The fraction of sp³-hybridized carbons (Fsp3) is 0.308. The molecule has 0 aliphatic carbocycles. The molecule has 37 heavy (non-hydrogen) atoms. The number of hydrogen-bond donors (Lipinski definition) is 1. The third-order valence-corrected chi connectivity index (χ3v) is 6.41. The molecule has 2 atom stereocenters. The second-order valence-electron chi connectivity index (χ2n) is 8.67. The van der Waals surface area contributed by atoms with Crippen LogP contribution in [0.4, 0.5) is 19.0 Å². The van der Waals surface area contributed by atoms with Crippen molar-refractivity contribution in [2.45, 2.75) is 31.2 Å². The lowest BCUT2D eigenvalue weighted by molar-refractivity contribution is -0.885. The van der Waals surface area contributed by atoms with E-state index >= 15 is 0 Å². The van der Waals surface area contributed by atoms with Gasteiger partial charge in [-0.15, -0.1) is 0 Å². The van der Waals surface area contributed by atoms with Gasteiger partial charge in [0.2, 0.25) is 18.3 Å². The zero-order chi connectivity index (χ0) is 25.9. The van der Waals surface area contributed by atoms with Gasteiger partial charge >= 0.3 is 0 Å². The quantitative estimate of drug-likeness (QED) is 0.232. The second-order valence-corrected chi connectivity index (χ2v) is 8.67. The number of alkyl halides is 2. The van der Waals surface area contributed by atoms with Crippen LogP contribution in [0, 0.1) is 5.82 Å². The largest absolute Gasteiger partial charge is 1.00 e. The van der Waals surface area contributed by atoms with E-state index in [2.05, 4.69) is 10.3 Å². The molecule has 1 N–H and O–H groups in total. The van der Waals surface area contributed by atoms with Crippen LogP contribution in [-0.2, 0) is 4.79 Å². The molecule has 1 amide bonds. The number of aromatic nitrogens is 2. The Labute approximate surface area is 229 Å². The van der Waals surface area contributed by atoms with Crippen molar-refractivity contribution in [1.29, 1.82) is 0 Å². The zero-order valence-electron chi connectivity index (χ0n) is 20.2. The number of nitrogens with zero attached hydrogens (tertiary/aromatic N) is 3. The van der Waals surface area contributed by atoms with E-state index in [0.29, 0.717) is 11.1 Å². The fourth-order valence-corrected chi connectivity index (χ4v) is 4.17. The van der Waals surface area contributed by atoms with Crippen LogP contribution in [0.25, 0.3) is 0 Å². The van der Waals surface area contributed by atoms with E-state index in [4.69, 9.17) is 4.84 Å². The standard InChI is InChI=1S/C26H25F3N4O3.HI/c1-17(32-14-11-26(28,29)22(16-32)18-9-12-33(36-2)13-10-18)25(35)31-23-8-5-20(15-30-23)24(34)19-3-6-21(27)7-4-19;/h3-10,12-13,15,17,22H,11,14,16H2,1-2H3;1H/t17-,22+;/m0./s1. The molecule has 3 heterocycles. The van der Waals surface area contributed by atoms with Crippen molar-refractivity contribution in [3.8, 4) is 0 Å². The Bertz CT molecular complexity index is 1230. The van der Waals surface area contributed by atoms with E-state index in [9.17, 15) is 22.8 Å². The van der Waals surface area contributed by atoms with Crippen molar-refractivity contribution in [1.82, 2.24) is 9.88 Å². The third-order valence-electron chi connectivity index (χ3n) is 6.41. The minimum Gasteiger partial charge on any atom is -1.00 e. The number of hydrogen-bond acceptors (Lipinski definition) is 5. The second kappa shape index (κ2) is 12.0. The molecule has 1 aliphatic heterocycles. The minimum absolute atomic E-state index is 0. The Kier molecular flexibility index (Phi) is 9.24. The Morgan fingerprint density at radius 2 is 1.76 bits per heavy atom. The molecule has 0 saturated carbocycles. The Hall–Kier alpha value is -3.06. The number of anilines is 1. The highest BCUT2D eigenvalue weighted by Crippen LogP contribution is 2.40. The fourth-order valence-electron chi connectivity index (χ4n) is 4.17. The first-order chi connectivity index (χ1) is 17.2. The van der Waals surface area contributed by atoms with Gasteiger partial charge in [0.25, 0.3) is 5.92 Å². The summed E-state index contributed by atoms with van der Waals surface area (Å²) < 4.78 is 44.0. The van der Waals surface area contributed by atoms with Crippen LogP contribution in [0.15, 0.2) is 67.1 Å². The SMILES string of the molecule is CO[n+]1ccc([C@H]2CN([C@@H](C)C(=O)Nc3ccc(C(=O)c4ccc(F)cc4)cn3)CCC2(F)F)cc1.[I-]. The Morgan fingerprint density at radius 1 is 1.11 bits per heavy atom. The molecule has 3 aromatic rings. The summed E-state index contributed by atoms with van der Waals surface area (Å²) in [5, 5.41) is 2.68. The van der Waals surface area contributed by atoms with Crippen LogP contribution >= 0.6 is 0 Å². The molecule has 0 radical (unpaired) electrons. The maximum absolute atomic E-state index is 14.7. The average molecular weight is 626 g/mol. The molecule has 7 nitrogen and oxygen atoms in total. The van der Waals surface area contributed by atoms with Gasteiger partial charge in [-0.1, -0.05) is 0 Å². The molecule has 0 unspecified atom stereocenters. The number of likely N-dealkylation sites (tertiary alicyclic amines) is 1. The highest BCUT2D eigenvalue weighted by Gasteiger charge is 2.46. The van der Waals surface area contributed by atoms with Crippen molar-refractivity contribution in [2.75, 3.05) is 25.5 Å². The monoisotopic (exact) mass is 626 g/mol. The van der Waals surface area contributed by atoms with Crippen molar-refractivity contribution in [3.05, 3.63) is 89.6 Å². The average Bonchev–Trinajstić information content (AvgIpc) is 2.89. The molecule has 1 saturated heterocycles.